The molecule has 2 aliphatic rings. The van der Waals surface area contributed by atoms with E-state index in [4.69, 9.17) is 10.5 Å². The second-order valence-corrected chi connectivity index (χ2v) is 12.2. The fraction of sp³-hybridized carbons (Fsp3) is 0.382. The van der Waals surface area contributed by atoms with E-state index in [9.17, 15) is 14.4 Å². The first kappa shape index (κ1) is 30.4. The molecular formula is C34H41N5O4. The molecule has 3 amide bonds. The van der Waals surface area contributed by atoms with Gasteiger partial charge in [-0.2, -0.15) is 0 Å². The normalized spacial score (nSPS) is 20.9. The van der Waals surface area contributed by atoms with E-state index in [-0.39, 0.29) is 36.9 Å². The Morgan fingerprint density at radius 3 is 2.40 bits per heavy atom. The van der Waals surface area contributed by atoms with Crippen LogP contribution in [0.25, 0.3) is 0 Å². The molecule has 226 valence electrons. The summed E-state index contributed by atoms with van der Waals surface area (Å²) in [6.45, 7) is 4.72. The average molecular weight is 584 g/mol. The molecule has 0 bridgehead atoms. The zero-order valence-corrected chi connectivity index (χ0v) is 25.1. The van der Waals surface area contributed by atoms with Crippen molar-refractivity contribution in [2.45, 2.75) is 50.9 Å². The predicted octanol–water partition coefficient (Wildman–Crippen LogP) is 3.00. The second-order valence-electron chi connectivity index (χ2n) is 12.2. The number of ether oxygens (including phenoxy) is 1. The lowest BCUT2D eigenvalue weighted by Gasteiger charge is -2.43. The lowest BCUT2D eigenvalue weighted by atomic mass is 9.72. The number of rotatable bonds is 10. The number of piperidine rings is 1. The molecule has 2 saturated heterocycles. The van der Waals surface area contributed by atoms with E-state index in [2.05, 4.69) is 10.7 Å². The van der Waals surface area contributed by atoms with E-state index in [0.29, 0.717) is 31.6 Å². The van der Waals surface area contributed by atoms with Crippen LogP contribution in [0.4, 0.5) is 0 Å². The molecule has 0 saturated carbocycles. The first-order valence-corrected chi connectivity index (χ1v) is 14.8. The molecule has 3 aromatic carbocycles. The van der Waals surface area contributed by atoms with Crippen molar-refractivity contribution in [1.82, 2.24) is 20.7 Å². The standard InChI is InChI=1S/C34H41N5O4/c1-33(2,35)27-16-10-15-26(19-27)30(40)36-28(22-43-21-25-13-8-5-9-14-25)31(41)39-18-17-29-34(23-39,32(42)38(3)37-29)20-24-11-6-4-7-12-24/h4-16,19,28-29,37H,17-18,20-23,35H2,1-3H3,(H,36,40). The SMILES string of the molecule is CN1NC2CCN(C(=O)C(COCc3ccccc3)NC(=O)c3cccc(C(C)(C)N)c3)CC2(Cc2ccccc2)C1=O. The van der Waals surface area contributed by atoms with Crippen LogP contribution in [0.1, 0.15) is 47.3 Å². The number of hydrogen-bond acceptors (Lipinski definition) is 6. The lowest BCUT2D eigenvalue weighted by Crippen LogP contribution is -2.60. The number of nitrogens with zero attached hydrogens (tertiary/aromatic N) is 2. The number of nitrogens with one attached hydrogen (secondary N) is 2. The molecule has 2 fully saturated rings. The third-order valence-electron chi connectivity index (χ3n) is 8.45. The van der Waals surface area contributed by atoms with Crippen molar-refractivity contribution in [3.63, 3.8) is 0 Å². The molecule has 43 heavy (non-hydrogen) atoms. The van der Waals surface area contributed by atoms with Gasteiger partial charge in [0, 0.05) is 37.3 Å². The van der Waals surface area contributed by atoms with Gasteiger partial charge in [-0.15, -0.1) is 0 Å². The van der Waals surface area contributed by atoms with Crippen molar-refractivity contribution in [2.75, 3.05) is 26.7 Å². The van der Waals surface area contributed by atoms with E-state index in [1.807, 2.05) is 80.6 Å². The van der Waals surface area contributed by atoms with Crippen LogP contribution in [0.5, 0.6) is 0 Å². The van der Waals surface area contributed by atoms with Crippen molar-refractivity contribution in [2.24, 2.45) is 11.1 Å². The van der Waals surface area contributed by atoms with Crippen LogP contribution in [0, 0.1) is 5.41 Å². The Labute approximate surface area is 253 Å². The number of amides is 3. The Morgan fingerprint density at radius 1 is 1.05 bits per heavy atom. The summed E-state index contributed by atoms with van der Waals surface area (Å²) >= 11 is 0. The van der Waals surface area contributed by atoms with Gasteiger partial charge in [0.1, 0.15) is 6.04 Å². The molecule has 4 N–H and O–H groups in total. The zero-order chi connectivity index (χ0) is 30.6. The number of likely N-dealkylation sites (tertiary alicyclic amines) is 1. The van der Waals surface area contributed by atoms with E-state index >= 15 is 0 Å². The summed E-state index contributed by atoms with van der Waals surface area (Å²) in [7, 11) is 1.73. The summed E-state index contributed by atoms with van der Waals surface area (Å²) < 4.78 is 5.98. The average Bonchev–Trinajstić information content (AvgIpc) is 3.25. The van der Waals surface area contributed by atoms with Crippen LogP contribution in [-0.4, -0.2) is 66.5 Å². The van der Waals surface area contributed by atoms with Gasteiger partial charge in [-0.05, 0) is 55.5 Å². The van der Waals surface area contributed by atoms with Crippen molar-refractivity contribution in [1.29, 1.82) is 0 Å². The Morgan fingerprint density at radius 2 is 1.72 bits per heavy atom. The molecule has 2 heterocycles. The van der Waals surface area contributed by atoms with E-state index in [1.54, 1.807) is 35.2 Å². The summed E-state index contributed by atoms with van der Waals surface area (Å²) in [5.74, 6) is -0.703. The zero-order valence-electron chi connectivity index (χ0n) is 25.1. The smallest absolute Gasteiger partial charge is 0.252 e. The number of nitrogens with two attached hydrogens (primary N) is 1. The van der Waals surface area contributed by atoms with Gasteiger partial charge >= 0.3 is 0 Å². The third-order valence-corrected chi connectivity index (χ3v) is 8.45. The maximum Gasteiger partial charge on any atom is 0.252 e. The Balaban J connectivity index is 1.38. The van der Waals surface area contributed by atoms with Crippen molar-refractivity contribution in [3.05, 3.63) is 107 Å². The van der Waals surface area contributed by atoms with Gasteiger partial charge in [-0.1, -0.05) is 72.8 Å². The largest absolute Gasteiger partial charge is 0.374 e. The van der Waals surface area contributed by atoms with Crippen molar-refractivity contribution < 1.29 is 19.1 Å². The van der Waals surface area contributed by atoms with Crippen LogP contribution >= 0.6 is 0 Å². The van der Waals surface area contributed by atoms with Crippen LogP contribution in [0.2, 0.25) is 0 Å². The molecule has 2 aliphatic heterocycles. The number of fused-ring (bicyclic) bond motifs is 1. The molecule has 0 aromatic heterocycles. The number of hydrazine groups is 1. The number of carbonyl (C=O) groups excluding carboxylic acids is 3. The fourth-order valence-electron chi connectivity index (χ4n) is 6.09. The fourth-order valence-corrected chi connectivity index (χ4v) is 6.09. The molecule has 9 heteroatoms. The molecule has 9 nitrogen and oxygen atoms in total. The summed E-state index contributed by atoms with van der Waals surface area (Å²) in [6, 6.07) is 25.6. The van der Waals surface area contributed by atoms with Crippen LogP contribution in [0.15, 0.2) is 84.9 Å². The monoisotopic (exact) mass is 583 g/mol. The van der Waals surface area contributed by atoms with Gasteiger partial charge in [-0.3, -0.25) is 19.4 Å². The molecule has 3 unspecified atom stereocenters. The Hall–Kier alpha value is -4.05. The second kappa shape index (κ2) is 12.7. The van der Waals surface area contributed by atoms with Gasteiger partial charge in [0.25, 0.3) is 5.91 Å². The highest BCUT2D eigenvalue weighted by Gasteiger charge is 2.56. The summed E-state index contributed by atoms with van der Waals surface area (Å²) in [4.78, 5) is 43.0. The van der Waals surface area contributed by atoms with Crippen molar-refractivity contribution in [3.8, 4) is 0 Å². The van der Waals surface area contributed by atoms with Crippen LogP contribution in [-0.2, 0) is 32.9 Å². The topological polar surface area (TPSA) is 117 Å². The third kappa shape index (κ3) is 6.80. The van der Waals surface area contributed by atoms with Gasteiger partial charge < -0.3 is 20.7 Å². The van der Waals surface area contributed by atoms with Crippen LogP contribution in [0.3, 0.4) is 0 Å². The predicted molar refractivity (Wildman–Crippen MR) is 164 cm³/mol. The highest BCUT2D eigenvalue weighted by atomic mass is 16.5. The number of carbonyl (C=O) groups is 3. The lowest BCUT2D eigenvalue weighted by molar-refractivity contribution is -0.144. The summed E-state index contributed by atoms with van der Waals surface area (Å²) in [6.07, 6.45) is 1.11. The first-order chi connectivity index (χ1) is 20.6. The Kier molecular flexibility index (Phi) is 8.96. The maximum absolute atomic E-state index is 14.2. The molecule has 0 radical (unpaired) electrons. The van der Waals surface area contributed by atoms with Crippen molar-refractivity contribution >= 4 is 17.7 Å². The minimum atomic E-state index is -0.946. The molecule has 3 atom stereocenters. The van der Waals surface area contributed by atoms with Gasteiger partial charge in [-0.25, -0.2) is 5.43 Å². The van der Waals surface area contributed by atoms with Gasteiger partial charge in [0.2, 0.25) is 11.8 Å². The molecule has 0 spiro atoms. The maximum atomic E-state index is 14.2. The number of benzene rings is 3. The van der Waals surface area contributed by atoms with E-state index < -0.39 is 17.0 Å². The first-order valence-electron chi connectivity index (χ1n) is 14.8. The quantitative estimate of drug-likeness (QED) is 0.338. The molecule has 3 aromatic rings. The van der Waals surface area contributed by atoms with Gasteiger partial charge in [0.15, 0.2) is 0 Å². The molecule has 5 rings (SSSR count). The van der Waals surface area contributed by atoms with E-state index in [0.717, 1.165) is 16.7 Å². The van der Waals surface area contributed by atoms with Gasteiger partial charge in [0.05, 0.1) is 18.6 Å². The minimum Gasteiger partial charge on any atom is -0.374 e. The summed E-state index contributed by atoms with van der Waals surface area (Å²) in [5, 5.41) is 4.48. The van der Waals surface area contributed by atoms with Crippen LogP contribution < -0.4 is 16.5 Å². The highest BCUT2D eigenvalue weighted by molar-refractivity contribution is 5.98. The highest BCUT2D eigenvalue weighted by Crippen LogP contribution is 2.39. The number of hydrogen-bond donors (Lipinski definition) is 3. The molecule has 0 aliphatic carbocycles. The summed E-state index contributed by atoms with van der Waals surface area (Å²) in [5.41, 5.74) is 11.4. The Bertz CT molecular complexity index is 1440. The molecular weight excluding hydrogens is 542 g/mol. The van der Waals surface area contributed by atoms with E-state index in [1.165, 1.54) is 0 Å². The minimum absolute atomic E-state index is 0.0146.